The predicted octanol–water partition coefficient (Wildman–Crippen LogP) is 4.41. The smallest absolute Gasteiger partial charge is 0.0590 e. The summed E-state index contributed by atoms with van der Waals surface area (Å²) >= 11 is 8.07. The van der Waals surface area contributed by atoms with E-state index in [0.29, 0.717) is 12.0 Å². The molecule has 1 heterocycles. The Morgan fingerprint density at radius 1 is 1.53 bits per heavy atom. The molecule has 1 rings (SSSR count). The van der Waals surface area contributed by atoms with Gasteiger partial charge in [-0.2, -0.15) is 0 Å². The van der Waals surface area contributed by atoms with Gasteiger partial charge in [0.25, 0.3) is 0 Å². The molecule has 0 spiro atoms. The molecule has 0 aliphatic heterocycles. The molecule has 2 atom stereocenters. The van der Waals surface area contributed by atoms with Crippen molar-refractivity contribution in [2.75, 3.05) is 7.05 Å². The van der Waals surface area contributed by atoms with Gasteiger partial charge in [-0.15, -0.1) is 11.3 Å². The summed E-state index contributed by atoms with van der Waals surface area (Å²) in [5.41, 5.74) is 1.20. The summed E-state index contributed by atoms with van der Waals surface area (Å²) in [6.45, 7) is 6.58. The standard InChI is InChI=1S/C12H20ClNS/c1-5-6-8(2)11(14-4)12-10(13)9(3)7-15-12/h7-8,11,14H,5-6H2,1-4H3. The summed E-state index contributed by atoms with van der Waals surface area (Å²) in [5.74, 6) is 0.635. The van der Waals surface area contributed by atoms with Gasteiger partial charge < -0.3 is 5.32 Å². The normalized spacial score (nSPS) is 15.3. The second-order valence-electron chi connectivity index (χ2n) is 4.13. The minimum Gasteiger partial charge on any atom is -0.312 e. The van der Waals surface area contributed by atoms with Crippen LogP contribution in [0.5, 0.6) is 0 Å². The third kappa shape index (κ3) is 2.96. The zero-order valence-corrected chi connectivity index (χ0v) is 11.5. The van der Waals surface area contributed by atoms with Gasteiger partial charge in [-0.3, -0.25) is 0 Å². The maximum Gasteiger partial charge on any atom is 0.0590 e. The van der Waals surface area contributed by atoms with E-state index in [9.17, 15) is 0 Å². The third-order valence-corrected chi connectivity index (χ3v) is 4.63. The molecule has 1 aromatic heterocycles. The first-order chi connectivity index (χ1) is 7.11. The van der Waals surface area contributed by atoms with Crippen LogP contribution in [0, 0.1) is 12.8 Å². The number of nitrogens with one attached hydrogen (secondary N) is 1. The predicted molar refractivity (Wildman–Crippen MR) is 69.9 cm³/mol. The van der Waals surface area contributed by atoms with Gasteiger partial charge in [0.05, 0.1) is 5.02 Å². The van der Waals surface area contributed by atoms with Gasteiger partial charge in [0.2, 0.25) is 0 Å². The lowest BCUT2D eigenvalue weighted by Gasteiger charge is -2.22. The summed E-state index contributed by atoms with van der Waals surface area (Å²) in [6, 6.07) is 0.399. The van der Waals surface area contributed by atoms with Crippen LogP contribution in [0.1, 0.15) is 43.2 Å². The van der Waals surface area contributed by atoms with E-state index >= 15 is 0 Å². The average molecular weight is 246 g/mol. The molecule has 0 aromatic carbocycles. The van der Waals surface area contributed by atoms with Crippen LogP contribution in [0.3, 0.4) is 0 Å². The van der Waals surface area contributed by atoms with Crippen molar-refractivity contribution < 1.29 is 0 Å². The number of hydrogen-bond acceptors (Lipinski definition) is 2. The molecule has 15 heavy (non-hydrogen) atoms. The molecule has 2 unspecified atom stereocenters. The fraction of sp³-hybridized carbons (Fsp3) is 0.667. The Labute approximate surface area is 102 Å². The number of halogens is 1. The molecule has 0 fully saturated rings. The maximum absolute atomic E-state index is 6.30. The number of rotatable bonds is 5. The molecule has 0 aliphatic carbocycles. The highest BCUT2D eigenvalue weighted by Crippen LogP contribution is 2.36. The van der Waals surface area contributed by atoms with Crippen molar-refractivity contribution in [2.45, 2.75) is 39.7 Å². The van der Waals surface area contributed by atoms with E-state index in [1.54, 1.807) is 11.3 Å². The van der Waals surface area contributed by atoms with E-state index in [4.69, 9.17) is 11.6 Å². The van der Waals surface area contributed by atoms with E-state index in [1.165, 1.54) is 23.3 Å². The van der Waals surface area contributed by atoms with E-state index in [-0.39, 0.29) is 0 Å². The SMILES string of the molecule is CCCC(C)C(NC)c1scc(C)c1Cl. The topological polar surface area (TPSA) is 12.0 Å². The Morgan fingerprint density at radius 3 is 2.60 bits per heavy atom. The van der Waals surface area contributed by atoms with E-state index < -0.39 is 0 Å². The number of thiophene rings is 1. The highest BCUT2D eigenvalue weighted by atomic mass is 35.5. The molecule has 1 N–H and O–H groups in total. The average Bonchev–Trinajstić information content (AvgIpc) is 2.51. The highest BCUT2D eigenvalue weighted by molar-refractivity contribution is 7.10. The first kappa shape index (κ1) is 13.0. The van der Waals surface area contributed by atoms with Crippen LogP contribution >= 0.6 is 22.9 Å². The molecule has 0 radical (unpaired) electrons. The Kier molecular flexibility index (Phi) is 5.10. The lowest BCUT2D eigenvalue weighted by atomic mass is 9.95. The van der Waals surface area contributed by atoms with Gasteiger partial charge in [-0.25, -0.2) is 0 Å². The summed E-state index contributed by atoms with van der Waals surface area (Å²) in [5, 5.41) is 6.47. The fourth-order valence-electron chi connectivity index (χ4n) is 1.96. The van der Waals surface area contributed by atoms with Crippen LogP contribution in [0.2, 0.25) is 5.02 Å². The molecule has 0 aliphatic rings. The van der Waals surface area contributed by atoms with Crippen molar-refractivity contribution in [3.8, 4) is 0 Å². The summed E-state index contributed by atoms with van der Waals surface area (Å²) < 4.78 is 0. The molecular formula is C12H20ClNS. The minimum absolute atomic E-state index is 0.399. The molecule has 0 amide bonds. The van der Waals surface area contributed by atoms with Crippen LogP contribution in [0.25, 0.3) is 0 Å². The summed E-state index contributed by atoms with van der Waals surface area (Å²) in [7, 11) is 2.02. The van der Waals surface area contributed by atoms with Crippen LogP contribution in [0.4, 0.5) is 0 Å². The fourth-order valence-corrected chi connectivity index (χ4v) is 3.51. The van der Waals surface area contributed by atoms with Gasteiger partial charge in [0.15, 0.2) is 0 Å². The lowest BCUT2D eigenvalue weighted by Crippen LogP contribution is -2.22. The monoisotopic (exact) mass is 245 g/mol. The molecule has 1 aromatic rings. The molecule has 0 saturated carbocycles. The second kappa shape index (κ2) is 5.88. The van der Waals surface area contributed by atoms with Crippen molar-refractivity contribution in [2.24, 2.45) is 5.92 Å². The molecule has 1 nitrogen and oxygen atoms in total. The molecule has 0 saturated heterocycles. The van der Waals surface area contributed by atoms with Crippen molar-refractivity contribution in [1.82, 2.24) is 5.32 Å². The Balaban J connectivity index is 2.87. The molecular weight excluding hydrogens is 226 g/mol. The zero-order chi connectivity index (χ0) is 11.4. The third-order valence-electron chi connectivity index (χ3n) is 2.83. The summed E-state index contributed by atoms with van der Waals surface area (Å²) in [4.78, 5) is 1.29. The van der Waals surface area contributed by atoms with Crippen molar-refractivity contribution in [3.05, 3.63) is 20.8 Å². The molecule has 3 heteroatoms. The first-order valence-electron chi connectivity index (χ1n) is 5.52. The van der Waals surface area contributed by atoms with Crippen molar-refractivity contribution >= 4 is 22.9 Å². The van der Waals surface area contributed by atoms with E-state index in [2.05, 4.69) is 31.5 Å². The molecule has 86 valence electrons. The Bertz CT molecular complexity index is 309. The quantitative estimate of drug-likeness (QED) is 0.811. The van der Waals surface area contributed by atoms with Crippen LogP contribution < -0.4 is 5.32 Å². The Hall–Kier alpha value is -0.0500. The van der Waals surface area contributed by atoms with Crippen molar-refractivity contribution in [3.63, 3.8) is 0 Å². The van der Waals surface area contributed by atoms with Gasteiger partial charge in [0, 0.05) is 10.9 Å². The van der Waals surface area contributed by atoms with Crippen LogP contribution in [-0.2, 0) is 0 Å². The second-order valence-corrected chi connectivity index (χ2v) is 5.42. The molecule has 0 bridgehead atoms. The van der Waals surface area contributed by atoms with Gasteiger partial charge in [-0.1, -0.05) is 31.9 Å². The van der Waals surface area contributed by atoms with E-state index in [0.717, 1.165) is 5.02 Å². The number of hydrogen-bond donors (Lipinski definition) is 1. The maximum atomic E-state index is 6.30. The highest BCUT2D eigenvalue weighted by Gasteiger charge is 2.21. The van der Waals surface area contributed by atoms with Crippen LogP contribution in [0.15, 0.2) is 5.38 Å². The number of aryl methyl sites for hydroxylation is 1. The van der Waals surface area contributed by atoms with Crippen LogP contribution in [-0.4, -0.2) is 7.05 Å². The first-order valence-corrected chi connectivity index (χ1v) is 6.78. The van der Waals surface area contributed by atoms with E-state index in [1.807, 2.05) is 7.05 Å². The zero-order valence-electron chi connectivity index (χ0n) is 9.93. The van der Waals surface area contributed by atoms with Gasteiger partial charge in [0.1, 0.15) is 0 Å². The minimum atomic E-state index is 0.399. The largest absolute Gasteiger partial charge is 0.312 e. The Morgan fingerprint density at radius 2 is 2.20 bits per heavy atom. The summed E-state index contributed by atoms with van der Waals surface area (Å²) in [6.07, 6.45) is 2.46. The van der Waals surface area contributed by atoms with Crippen molar-refractivity contribution in [1.29, 1.82) is 0 Å². The van der Waals surface area contributed by atoms with Gasteiger partial charge in [-0.05, 0) is 37.3 Å². The van der Waals surface area contributed by atoms with Gasteiger partial charge >= 0.3 is 0 Å². The lowest BCUT2D eigenvalue weighted by molar-refractivity contribution is 0.389.